The summed E-state index contributed by atoms with van der Waals surface area (Å²) < 4.78 is 5.89. The summed E-state index contributed by atoms with van der Waals surface area (Å²) in [5.41, 5.74) is 0.668. The van der Waals surface area contributed by atoms with Gasteiger partial charge in [-0.3, -0.25) is 9.78 Å². The molecule has 0 unspecified atom stereocenters. The molecule has 25 heavy (non-hydrogen) atoms. The van der Waals surface area contributed by atoms with E-state index in [0.29, 0.717) is 24.3 Å². The fraction of sp³-hybridized carbons (Fsp3) is 0.737. The minimum atomic E-state index is -0.513. The molecule has 0 aromatic carbocycles. The van der Waals surface area contributed by atoms with Gasteiger partial charge in [-0.15, -0.1) is 0 Å². The molecule has 1 heterocycles. The van der Waals surface area contributed by atoms with Gasteiger partial charge in [0.25, 0.3) is 5.91 Å². The van der Waals surface area contributed by atoms with Crippen molar-refractivity contribution in [1.82, 2.24) is 15.3 Å². The van der Waals surface area contributed by atoms with Gasteiger partial charge in [-0.25, -0.2) is 4.98 Å². The molecule has 0 atom stereocenters. The number of aromatic nitrogens is 2. The number of hydrogen-bond acceptors (Lipinski definition) is 5. The lowest BCUT2D eigenvalue weighted by Crippen LogP contribution is -2.52. The predicted molar refractivity (Wildman–Crippen MR) is 92.6 cm³/mol. The zero-order valence-corrected chi connectivity index (χ0v) is 14.7. The highest BCUT2D eigenvalue weighted by Gasteiger charge is 2.35. The third-order valence-corrected chi connectivity index (χ3v) is 5.61. The Morgan fingerprint density at radius 1 is 1.24 bits per heavy atom. The van der Waals surface area contributed by atoms with Gasteiger partial charge in [-0.2, -0.15) is 0 Å². The first-order valence-corrected chi connectivity index (χ1v) is 9.62. The van der Waals surface area contributed by atoms with E-state index < -0.39 is 5.54 Å². The summed E-state index contributed by atoms with van der Waals surface area (Å²) in [4.78, 5) is 21.7. The van der Waals surface area contributed by atoms with Crippen molar-refractivity contribution in [2.75, 3.05) is 13.2 Å². The highest BCUT2D eigenvalue weighted by atomic mass is 16.5. The minimum absolute atomic E-state index is 0.0304. The fourth-order valence-electron chi connectivity index (χ4n) is 3.57. The fourth-order valence-corrected chi connectivity index (χ4v) is 3.57. The summed E-state index contributed by atoms with van der Waals surface area (Å²) >= 11 is 0. The van der Waals surface area contributed by atoms with E-state index in [-0.39, 0.29) is 18.2 Å². The molecule has 0 saturated heterocycles. The number of aliphatic hydroxyl groups is 1. The third kappa shape index (κ3) is 3.94. The van der Waals surface area contributed by atoms with Crippen LogP contribution < -0.4 is 10.1 Å². The Bertz CT molecular complexity index is 635. The molecule has 1 amide bonds. The molecule has 3 aliphatic carbocycles. The lowest BCUT2D eigenvalue weighted by molar-refractivity contribution is 0.0752. The third-order valence-electron chi connectivity index (χ3n) is 5.61. The Balaban J connectivity index is 1.50. The standard InChI is InChI=1S/C19H27N3O3/c23-12-19(8-2-1-3-9-19)22-17(24)15-10-20-16(14-6-7-14)18(21-15)25-11-13-4-5-13/h10,13-14,23H,1-9,11-12H2,(H,22,24). The Morgan fingerprint density at radius 3 is 2.64 bits per heavy atom. The first-order chi connectivity index (χ1) is 12.2. The number of rotatable bonds is 7. The van der Waals surface area contributed by atoms with Gasteiger partial charge in [0.15, 0.2) is 0 Å². The van der Waals surface area contributed by atoms with Crippen LogP contribution in [0.25, 0.3) is 0 Å². The van der Waals surface area contributed by atoms with Gasteiger partial charge in [-0.05, 0) is 44.4 Å². The average Bonchev–Trinajstić information content (AvgIpc) is 3.54. The van der Waals surface area contributed by atoms with Crippen LogP contribution in [-0.2, 0) is 0 Å². The molecule has 3 aliphatic rings. The van der Waals surface area contributed by atoms with Crippen molar-refractivity contribution in [2.45, 2.75) is 69.2 Å². The Morgan fingerprint density at radius 2 is 2.00 bits per heavy atom. The first kappa shape index (κ1) is 16.8. The smallest absolute Gasteiger partial charge is 0.272 e. The van der Waals surface area contributed by atoms with Crippen molar-refractivity contribution < 1.29 is 14.6 Å². The zero-order chi connectivity index (χ0) is 17.3. The van der Waals surface area contributed by atoms with Gasteiger partial charge >= 0.3 is 0 Å². The van der Waals surface area contributed by atoms with Crippen molar-refractivity contribution in [2.24, 2.45) is 5.92 Å². The van der Waals surface area contributed by atoms with Crippen molar-refractivity contribution >= 4 is 5.91 Å². The molecule has 3 fully saturated rings. The molecule has 0 spiro atoms. The average molecular weight is 345 g/mol. The molecule has 2 N–H and O–H groups in total. The minimum Gasteiger partial charge on any atom is -0.476 e. The highest BCUT2D eigenvalue weighted by Crippen LogP contribution is 2.43. The molecule has 3 saturated carbocycles. The summed E-state index contributed by atoms with van der Waals surface area (Å²) in [6.45, 7) is 0.636. The number of ether oxygens (including phenoxy) is 1. The topological polar surface area (TPSA) is 84.3 Å². The second kappa shape index (κ2) is 6.90. The van der Waals surface area contributed by atoms with Crippen LogP contribution in [0.1, 0.15) is 79.9 Å². The van der Waals surface area contributed by atoms with E-state index in [4.69, 9.17) is 4.74 Å². The van der Waals surface area contributed by atoms with E-state index in [1.165, 1.54) is 12.8 Å². The first-order valence-electron chi connectivity index (χ1n) is 9.62. The van der Waals surface area contributed by atoms with Crippen molar-refractivity contribution in [1.29, 1.82) is 0 Å². The number of carbonyl (C=O) groups excluding carboxylic acids is 1. The van der Waals surface area contributed by atoms with Gasteiger partial charge in [0.05, 0.1) is 24.9 Å². The molecule has 1 aromatic rings. The maximum atomic E-state index is 12.7. The Kier molecular flexibility index (Phi) is 4.63. The number of aliphatic hydroxyl groups excluding tert-OH is 1. The van der Waals surface area contributed by atoms with Crippen molar-refractivity contribution in [3.63, 3.8) is 0 Å². The summed E-state index contributed by atoms with van der Waals surface area (Å²) in [5.74, 6) is 1.33. The number of nitrogens with zero attached hydrogens (tertiary/aromatic N) is 2. The molecule has 4 rings (SSSR count). The number of hydrogen-bond donors (Lipinski definition) is 2. The zero-order valence-electron chi connectivity index (χ0n) is 14.7. The summed E-state index contributed by atoms with van der Waals surface area (Å²) in [5, 5.41) is 12.8. The van der Waals surface area contributed by atoms with Crippen LogP contribution in [0, 0.1) is 5.92 Å². The van der Waals surface area contributed by atoms with Crippen LogP contribution in [0.5, 0.6) is 5.88 Å². The molecule has 0 bridgehead atoms. The molecule has 6 heteroatoms. The molecule has 0 radical (unpaired) electrons. The van der Waals surface area contributed by atoms with Crippen molar-refractivity contribution in [3.05, 3.63) is 17.6 Å². The lowest BCUT2D eigenvalue weighted by Gasteiger charge is -2.36. The van der Waals surface area contributed by atoms with Gasteiger partial charge in [-0.1, -0.05) is 19.3 Å². The summed E-state index contributed by atoms with van der Waals surface area (Å²) in [6, 6.07) is 0. The molecule has 1 aromatic heterocycles. The normalized spacial score (nSPS) is 22.4. The molecule has 136 valence electrons. The van der Waals surface area contributed by atoms with E-state index >= 15 is 0 Å². The molecule has 6 nitrogen and oxygen atoms in total. The van der Waals surface area contributed by atoms with E-state index in [1.54, 1.807) is 6.20 Å². The van der Waals surface area contributed by atoms with Crippen LogP contribution in [0.15, 0.2) is 6.20 Å². The maximum Gasteiger partial charge on any atom is 0.272 e. The monoisotopic (exact) mass is 345 g/mol. The van der Waals surface area contributed by atoms with Crippen LogP contribution in [0.2, 0.25) is 0 Å². The van der Waals surface area contributed by atoms with Crippen molar-refractivity contribution in [3.8, 4) is 5.88 Å². The number of carbonyl (C=O) groups is 1. The van der Waals surface area contributed by atoms with Gasteiger partial charge in [0.1, 0.15) is 11.4 Å². The van der Waals surface area contributed by atoms with E-state index in [9.17, 15) is 9.90 Å². The quantitative estimate of drug-likeness (QED) is 0.793. The van der Waals surface area contributed by atoms with E-state index in [2.05, 4.69) is 15.3 Å². The SMILES string of the molecule is O=C(NC1(CO)CCCCC1)c1cnc(C2CC2)c(OCC2CC2)n1. The number of amides is 1. The second-order valence-electron chi connectivity index (χ2n) is 7.93. The van der Waals surface area contributed by atoms with Crippen LogP contribution in [-0.4, -0.2) is 39.7 Å². The van der Waals surface area contributed by atoms with Gasteiger partial charge < -0.3 is 15.2 Å². The molecular weight excluding hydrogens is 318 g/mol. The highest BCUT2D eigenvalue weighted by molar-refractivity contribution is 5.92. The Hall–Kier alpha value is -1.69. The summed E-state index contributed by atoms with van der Waals surface area (Å²) in [7, 11) is 0. The second-order valence-corrected chi connectivity index (χ2v) is 7.93. The molecular formula is C19H27N3O3. The van der Waals surface area contributed by atoms with Crippen LogP contribution in [0.4, 0.5) is 0 Å². The predicted octanol–water partition coefficient (Wildman–Crippen LogP) is 2.57. The van der Waals surface area contributed by atoms with E-state index in [1.807, 2.05) is 0 Å². The van der Waals surface area contributed by atoms with Gasteiger partial charge in [0.2, 0.25) is 5.88 Å². The van der Waals surface area contributed by atoms with Crippen LogP contribution >= 0.6 is 0 Å². The van der Waals surface area contributed by atoms with Crippen LogP contribution in [0.3, 0.4) is 0 Å². The van der Waals surface area contributed by atoms with E-state index in [0.717, 1.165) is 50.6 Å². The lowest BCUT2D eigenvalue weighted by atomic mass is 9.82. The maximum absolute atomic E-state index is 12.7. The summed E-state index contributed by atoms with van der Waals surface area (Å²) in [6.07, 6.45) is 11.1. The number of nitrogens with one attached hydrogen (secondary N) is 1. The van der Waals surface area contributed by atoms with Gasteiger partial charge in [0, 0.05) is 5.92 Å². The molecule has 0 aliphatic heterocycles. The Labute approximate surface area is 148 Å². The largest absolute Gasteiger partial charge is 0.476 e.